The third-order valence-electron chi connectivity index (χ3n) is 8.22. The molecule has 206 valence electrons. The minimum absolute atomic E-state index is 0.0303. The molecule has 0 saturated heterocycles. The van der Waals surface area contributed by atoms with Gasteiger partial charge in [-0.05, 0) is 96.9 Å². The van der Waals surface area contributed by atoms with E-state index in [0.717, 1.165) is 32.7 Å². The van der Waals surface area contributed by atoms with Gasteiger partial charge in [0, 0.05) is 10.8 Å². The highest BCUT2D eigenvalue weighted by atomic mass is 16.3. The average Bonchev–Trinajstić information content (AvgIpc) is 3.59. The van der Waals surface area contributed by atoms with Crippen molar-refractivity contribution in [3.8, 4) is 33.4 Å². The number of furan rings is 1. The van der Waals surface area contributed by atoms with E-state index in [-0.39, 0.29) is 61.9 Å². The van der Waals surface area contributed by atoms with Crippen LogP contribution < -0.4 is 0 Å². The first-order valence-electron chi connectivity index (χ1n) is 20.2. The molecule has 0 spiro atoms. The lowest BCUT2D eigenvalue weighted by atomic mass is 9.85. The highest BCUT2D eigenvalue weighted by Gasteiger charge is 2.19. The molecule has 9 aromatic rings. The summed E-state index contributed by atoms with van der Waals surface area (Å²) in [5.41, 5.74) is 2.97. The van der Waals surface area contributed by atoms with Gasteiger partial charge in [-0.25, -0.2) is 0 Å². The Balaban J connectivity index is 1.45. The summed E-state index contributed by atoms with van der Waals surface area (Å²) in [5.74, 6) is 0. The van der Waals surface area contributed by atoms with E-state index in [1.165, 1.54) is 6.92 Å². The van der Waals surface area contributed by atoms with E-state index in [4.69, 9.17) is 15.4 Å². The first-order chi connectivity index (χ1) is 26.7. The van der Waals surface area contributed by atoms with Crippen LogP contribution >= 0.6 is 0 Å². The van der Waals surface area contributed by atoms with Crippen LogP contribution in [0.4, 0.5) is 0 Å². The van der Waals surface area contributed by atoms with Crippen LogP contribution in [0.25, 0.3) is 87.6 Å². The molecule has 0 atom stereocenters. The van der Waals surface area contributed by atoms with Crippen LogP contribution in [0.2, 0.25) is 0 Å². The number of fused-ring (bicyclic) bond motifs is 6. The van der Waals surface area contributed by atoms with Gasteiger partial charge in [0.25, 0.3) is 0 Å². The van der Waals surface area contributed by atoms with Gasteiger partial charge >= 0.3 is 0 Å². The third-order valence-corrected chi connectivity index (χ3v) is 8.22. The van der Waals surface area contributed by atoms with Gasteiger partial charge in [-0.3, -0.25) is 0 Å². The Morgan fingerprint density at radius 1 is 0.500 bits per heavy atom. The maximum Gasteiger partial charge on any atom is 0.136 e. The summed E-state index contributed by atoms with van der Waals surface area (Å²) in [7, 11) is 0. The Kier molecular flexibility index (Phi) is 3.46. The lowest BCUT2D eigenvalue weighted by Crippen LogP contribution is -1.91. The summed E-state index contributed by atoms with van der Waals surface area (Å²) in [5, 5.41) is 3.45. The lowest BCUT2D eigenvalue weighted by Gasteiger charge is -2.18. The summed E-state index contributed by atoms with van der Waals surface area (Å²) in [6, 6.07) is 19.0. The molecular formula is C43H28O. The molecule has 0 N–H and O–H groups in total. The minimum atomic E-state index is -0.669. The van der Waals surface area contributed by atoms with Crippen molar-refractivity contribution in [3.63, 3.8) is 0 Å². The Hall–Kier alpha value is -5.66. The molecule has 44 heavy (non-hydrogen) atoms. The third kappa shape index (κ3) is 3.80. The minimum Gasteiger partial charge on any atom is -0.456 e. The predicted molar refractivity (Wildman–Crippen MR) is 187 cm³/mol. The van der Waals surface area contributed by atoms with Crippen LogP contribution in [0, 0.1) is 6.92 Å². The van der Waals surface area contributed by atoms with Crippen molar-refractivity contribution in [1.82, 2.24) is 0 Å². The SMILES string of the molecule is [2H]c1c([2H])c([2H])c(-c2c3c([2H])c([2H])c([2H])c([2H])c3c(-c3ccc4c(c3)oc3cccc(-c5ccc6ccccc6c5)c34)c3c([2H])c([2H])c(C)c([2H])c23)c([2H])c1[2H]. The van der Waals surface area contributed by atoms with Crippen molar-refractivity contribution < 1.29 is 20.9 Å². The van der Waals surface area contributed by atoms with Crippen LogP contribution in [-0.4, -0.2) is 0 Å². The highest BCUT2D eigenvalue weighted by molar-refractivity contribution is 6.22. The van der Waals surface area contributed by atoms with Crippen molar-refractivity contribution in [2.24, 2.45) is 0 Å². The first-order valence-corrected chi connectivity index (χ1v) is 14.2. The van der Waals surface area contributed by atoms with Gasteiger partial charge in [0.05, 0.1) is 16.4 Å². The van der Waals surface area contributed by atoms with E-state index in [1.54, 1.807) is 12.1 Å². The molecule has 8 aromatic carbocycles. The summed E-state index contributed by atoms with van der Waals surface area (Å²) in [4.78, 5) is 0. The van der Waals surface area contributed by atoms with Gasteiger partial charge in [-0.1, -0.05) is 133 Å². The molecule has 0 bridgehead atoms. The number of hydrogen-bond donors (Lipinski definition) is 0. The molecule has 0 aliphatic heterocycles. The standard InChI is InChI=1S/C43H28O/c1-27-18-22-36-38(24-27)41(29-11-3-2-4-12-29)34-14-7-8-15-35(34)42(36)32-21-23-37-40(26-32)44-39-17-9-16-33(43(37)39)31-20-19-28-10-5-6-13-30(28)25-31/h2-26H,1H3/i2D,3D,4D,7D,8D,11D,12D,14D,15D,18D,22D,24D. The highest BCUT2D eigenvalue weighted by Crippen LogP contribution is 2.45. The lowest BCUT2D eigenvalue weighted by molar-refractivity contribution is 0.669. The van der Waals surface area contributed by atoms with E-state index in [2.05, 4.69) is 30.3 Å². The molecule has 1 heteroatoms. The van der Waals surface area contributed by atoms with Gasteiger partial charge in [0.15, 0.2) is 0 Å². The maximum absolute atomic E-state index is 9.35. The number of hydrogen-bond acceptors (Lipinski definition) is 1. The van der Waals surface area contributed by atoms with Crippen molar-refractivity contribution in [1.29, 1.82) is 0 Å². The molecule has 0 radical (unpaired) electrons. The molecule has 0 unspecified atom stereocenters. The molecule has 0 amide bonds. The fraction of sp³-hybridized carbons (Fsp3) is 0.0233. The van der Waals surface area contributed by atoms with Crippen molar-refractivity contribution in [2.45, 2.75) is 6.92 Å². The average molecular weight is 573 g/mol. The zero-order chi connectivity index (χ0) is 39.6. The Bertz CT molecular complexity index is 3130. The first kappa shape index (κ1) is 15.7. The topological polar surface area (TPSA) is 13.1 Å². The van der Waals surface area contributed by atoms with E-state index in [0.29, 0.717) is 16.7 Å². The fourth-order valence-electron chi connectivity index (χ4n) is 6.30. The van der Waals surface area contributed by atoms with Crippen molar-refractivity contribution in [2.75, 3.05) is 0 Å². The van der Waals surface area contributed by atoms with Crippen LogP contribution in [-0.2, 0) is 0 Å². The van der Waals surface area contributed by atoms with Crippen LogP contribution in [0.1, 0.15) is 22.0 Å². The van der Waals surface area contributed by atoms with Gasteiger partial charge in [0.1, 0.15) is 11.2 Å². The second-order valence-electron chi connectivity index (χ2n) is 10.8. The molecule has 1 aromatic heterocycles. The van der Waals surface area contributed by atoms with E-state index < -0.39 is 54.4 Å². The van der Waals surface area contributed by atoms with Crippen molar-refractivity contribution >= 4 is 54.3 Å². The van der Waals surface area contributed by atoms with E-state index in [1.807, 2.05) is 36.4 Å². The molecule has 1 nitrogen and oxygen atoms in total. The molecular weight excluding hydrogens is 532 g/mol. The molecule has 0 fully saturated rings. The van der Waals surface area contributed by atoms with Gasteiger partial charge in [-0.2, -0.15) is 0 Å². The van der Waals surface area contributed by atoms with E-state index in [9.17, 15) is 5.48 Å². The molecule has 1 heterocycles. The fourth-order valence-corrected chi connectivity index (χ4v) is 6.30. The molecule has 0 aliphatic rings. The molecule has 0 saturated carbocycles. The molecule has 9 rings (SSSR count). The summed E-state index contributed by atoms with van der Waals surface area (Å²) in [6.45, 7) is 1.48. The monoisotopic (exact) mass is 572 g/mol. The van der Waals surface area contributed by atoms with Crippen LogP contribution in [0.3, 0.4) is 0 Å². The quantitative estimate of drug-likeness (QED) is 0.192. The Labute approximate surface area is 272 Å². The van der Waals surface area contributed by atoms with Gasteiger partial charge in [0.2, 0.25) is 0 Å². The molecule has 0 aliphatic carbocycles. The Morgan fingerprint density at radius 3 is 2.07 bits per heavy atom. The Morgan fingerprint density at radius 2 is 1.23 bits per heavy atom. The smallest absolute Gasteiger partial charge is 0.136 e. The van der Waals surface area contributed by atoms with Gasteiger partial charge in [-0.15, -0.1) is 0 Å². The summed E-state index contributed by atoms with van der Waals surface area (Å²) >= 11 is 0. The van der Waals surface area contributed by atoms with Crippen molar-refractivity contribution in [3.05, 3.63) is 157 Å². The van der Waals surface area contributed by atoms with E-state index >= 15 is 0 Å². The number of rotatable bonds is 3. The second kappa shape index (κ2) is 9.69. The predicted octanol–water partition coefficient (Wildman–Crippen LogP) is 12.4. The van der Waals surface area contributed by atoms with Gasteiger partial charge < -0.3 is 4.42 Å². The number of benzene rings is 8. The summed E-state index contributed by atoms with van der Waals surface area (Å²) < 4.78 is 113. The summed E-state index contributed by atoms with van der Waals surface area (Å²) in [6.07, 6.45) is 0. The van der Waals surface area contributed by atoms with Crippen LogP contribution in [0.5, 0.6) is 0 Å². The van der Waals surface area contributed by atoms with Crippen LogP contribution in [0.15, 0.2) is 156 Å². The normalized spacial score (nSPS) is 15.6. The largest absolute Gasteiger partial charge is 0.456 e. The maximum atomic E-state index is 9.35. The zero-order valence-electron chi connectivity index (χ0n) is 35.4. The second-order valence-corrected chi connectivity index (χ2v) is 10.8. The zero-order valence-corrected chi connectivity index (χ0v) is 23.4.